The Balaban J connectivity index is 1.53. The van der Waals surface area contributed by atoms with Gasteiger partial charge in [0.2, 0.25) is 0 Å². The monoisotopic (exact) mass is 354 g/mol. The van der Waals surface area contributed by atoms with Crippen LogP contribution in [-0.4, -0.2) is 98.9 Å². The van der Waals surface area contributed by atoms with Crippen molar-refractivity contribution in [1.29, 1.82) is 0 Å². The first-order chi connectivity index (χ1) is 12.2. The standard InChI is InChI=1S/C18H30N2O5/c1-23-17-3-2-4-18(13-17)25-12-11-24-15-16(22)14-20-7-5-19(6-8-20)9-10-21/h2-4,13,16,21-22H,5-12,14-15H2,1H3/t16-/m0/s1. The predicted octanol–water partition coefficient (Wildman–Crippen LogP) is 0.0614. The van der Waals surface area contributed by atoms with E-state index < -0.39 is 6.10 Å². The summed E-state index contributed by atoms with van der Waals surface area (Å²) in [5.41, 5.74) is 0. The Morgan fingerprint density at radius 2 is 1.80 bits per heavy atom. The molecule has 0 amide bonds. The molecule has 2 rings (SSSR count). The summed E-state index contributed by atoms with van der Waals surface area (Å²) in [4.78, 5) is 4.46. The lowest BCUT2D eigenvalue weighted by Gasteiger charge is -2.35. The van der Waals surface area contributed by atoms with Crippen LogP contribution in [0.2, 0.25) is 0 Å². The molecule has 0 saturated carbocycles. The maximum atomic E-state index is 10.1. The van der Waals surface area contributed by atoms with Crippen molar-refractivity contribution in [3.8, 4) is 11.5 Å². The van der Waals surface area contributed by atoms with Gasteiger partial charge in [0.1, 0.15) is 18.1 Å². The summed E-state index contributed by atoms with van der Waals surface area (Å²) in [6.07, 6.45) is -0.499. The van der Waals surface area contributed by atoms with Crippen molar-refractivity contribution in [3.05, 3.63) is 24.3 Å². The minimum absolute atomic E-state index is 0.203. The minimum Gasteiger partial charge on any atom is -0.497 e. The van der Waals surface area contributed by atoms with Crippen LogP contribution in [0.3, 0.4) is 0 Å². The van der Waals surface area contributed by atoms with Gasteiger partial charge in [-0.05, 0) is 12.1 Å². The Morgan fingerprint density at radius 3 is 2.52 bits per heavy atom. The van der Waals surface area contributed by atoms with E-state index in [-0.39, 0.29) is 6.61 Å². The topological polar surface area (TPSA) is 74.6 Å². The Hall–Kier alpha value is -1.38. The number of hydrogen-bond donors (Lipinski definition) is 2. The van der Waals surface area contributed by atoms with Gasteiger partial charge in [0, 0.05) is 45.3 Å². The summed E-state index contributed by atoms with van der Waals surface area (Å²) < 4.78 is 16.2. The molecule has 1 aliphatic rings. The maximum absolute atomic E-state index is 10.1. The van der Waals surface area contributed by atoms with E-state index in [0.717, 1.165) is 44.2 Å². The van der Waals surface area contributed by atoms with Gasteiger partial charge >= 0.3 is 0 Å². The molecule has 7 heteroatoms. The molecule has 1 aliphatic heterocycles. The third kappa shape index (κ3) is 7.58. The molecular weight excluding hydrogens is 324 g/mol. The highest BCUT2D eigenvalue weighted by Crippen LogP contribution is 2.18. The van der Waals surface area contributed by atoms with E-state index in [2.05, 4.69) is 9.80 Å². The van der Waals surface area contributed by atoms with Crippen LogP contribution < -0.4 is 9.47 Å². The third-order valence-electron chi connectivity index (χ3n) is 4.20. The summed E-state index contributed by atoms with van der Waals surface area (Å²) in [5, 5.41) is 19.0. The zero-order valence-electron chi connectivity index (χ0n) is 15.0. The molecule has 0 spiro atoms. The van der Waals surface area contributed by atoms with Crippen LogP contribution >= 0.6 is 0 Å². The number of ether oxygens (including phenoxy) is 3. The summed E-state index contributed by atoms with van der Waals surface area (Å²) >= 11 is 0. The normalized spacial score (nSPS) is 17.4. The van der Waals surface area contributed by atoms with Gasteiger partial charge in [-0.2, -0.15) is 0 Å². The second kappa shape index (κ2) is 11.3. The first kappa shape index (κ1) is 19.9. The van der Waals surface area contributed by atoms with E-state index in [4.69, 9.17) is 19.3 Å². The molecular formula is C18H30N2O5. The van der Waals surface area contributed by atoms with Crippen LogP contribution in [0.15, 0.2) is 24.3 Å². The van der Waals surface area contributed by atoms with Gasteiger partial charge in [0.15, 0.2) is 0 Å². The van der Waals surface area contributed by atoms with Gasteiger partial charge in [-0.25, -0.2) is 0 Å². The fourth-order valence-electron chi connectivity index (χ4n) is 2.82. The highest BCUT2D eigenvalue weighted by Gasteiger charge is 2.18. The molecule has 1 fully saturated rings. The zero-order valence-corrected chi connectivity index (χ0v) is 15.0. The average molecular weight is 354 g/mol. The molecule has 1 aromatic rings. The number of hydrogen-bond acceptors (Lipinski definition) is 7. The Morgan fingerprint density at radius 1 is 1.08 bits per heavy atom. The maximum Gasteiger partial charge on any atom is 0.123 e. The van der Waals surface area contributed by atoms with E-state index in [9.17, 15) is 5.11 Å². The lowest BCUT2D eigenvalue weighted by molar-refractivity contribution is -0.000772. The van der Waals surface area contributed by atoms with Gasteiger partial charge in [0.25, 0.3) is 0 Å². The van der Waals surface area contributed by atoms with Gasteiger partial charge in [0.05, 0.1) is 33.0 Å². The number of aliphatic hydroxyl groups is 2. The number of benzene rings is 1. The minimum atomic E-state index is -0.499. The van der Waals surface area contributed by atoms with Crippen molar-refractivity contribution in [2.45, 2.75) is 6.10 Å². The van der Waals surface area contributed by atoms with Gasteiger partial charge < -0.3 is 24.4 Å². The molecule has 1 heterocycles. The highest BCUT2D eigenvalue weighted by molar-refractivity contribution is 5.32. The van der Waals surface area contributed by atoms with Gasteiger partial charge in [-0.15, -0.1) is 0 Å². The fraction of sp³-hybridized carbons (Fsp3) is 0.667. The zero-order chi connectivity index (χ0) is 17.9. The van der Waals surface area contributed by atoms with E-state index in [0.29, 0.717) is 26.4 Å². The fourth-order valence-corrected chi connectivity index (χ4v) is 2.82. The van der Waals surface area contributed by atoms with E-state index in [1.807, 2.05) is 24.3 Å². The van der Waals surface area contributed by atoms with Crippen LogP contribution in [0.4, 0.5) is 0 Å². The largest absolute Gasteiger partial charge is 0.497 e. The van der Waals surface area contributed by atoms with E-state index >= 15 is 0 Å². The van der Waals surface area contributed by atoms with E-state index in [1.54, 1.807) is 7.11 Å². The summed E-state index contributed by atoms with van der Waals surface area (Å²) in [6.45, 7) is 6.40. The second-order valence-corrected chi connectivity index (χ2v) is 6.12. The molecule has 7 nitrogen and oxygen atoms in total. The summed E-state index contributed by atoms with van der Waals surface area (Å²) in [7, 11) is 1.62. The van der Waals surface area contributed by atoms with Crippen LogP contribution in [0.5, 0.6) is 11.5 Å². The Labute approximate surface area is 149 Å². The summed E-state index contributed by atoms with van der Waals surface area (Å²) in [5.74, 6) is 1.50. The molecule has 0 radical (unpaired) electrons. The molecule has 0 bridgehead atoms. The molecule has 142 valence electrons. The number of piperazine rings is 1. The van der Waals surface area contributed by atoms with Gasteiger partial charge in [-0.1, -0.05) is 6.07 Å². The number of rotatable bonds is 11. The van der Waals surface area contributed by atoms with Crippen molar-refractivity contribution in [3.63, 3.8) is 0 Å². The smallest absolute Gasteiger partial charge is 0.123 e. The Kier molecular flexibility index (Phi) is 8.99. The van der Waals surface area contributed by atoms with Gasteiger partial charge in [-0.3, -0.25) is 9.80 Å². The van der Waals surface area contributed by atoms with Crippen LogP contribution in [0.25, 0.3) is 0 Å². The quantitative estimate of drug-likeness (QED) is 0.545. The van der Waals surface area contributed by atoms with Crippen molar-refractivity contribution in [2.24, 2.45) is 0 Å². The molecule has 2 N–H and O–H groups in total. The molecule has 1 atom stereocenters. The number of aliphatic hydroxyl groups excluding tert-OH is 2. The number of β-amino-alcohol motifs (C(OH)–C–C–N with tert-alkyl or cyclic N) is 2. The van der Waals surface area contributed by atoms with Crippen LogP contribution in [-0.2, 0) is 4.74 Å². The lowest BCUT2D eigenvalue weighted by Crippen LogP contribution is -2.49. The van der Waals surface area contributed by atoms with E-state index in [1.165, 1.54) is 0 Å². The second-order valence-electron chi connectivity index (χ2n) is 6.12. The molecule has 0 aliphatic carbocycles. The molecule has 25 heavy (non-hydrogen) atoms. The van der Waals surface area contributed by atoms with Crippen LogP contribution in [0, 0.1) is 0 Å². The average Bonchev–Trinajstić information content (AvgIpc) is 2.63. The predicted molar refractivity (Wildman–Crippen MR) is 95.3 cm³/mol. The Bertz CT molecular complexity index is 480. The van der Waals surface area contributed by atoms with Crippen molar-refractivity contribution in [2.75, 3.05) is 72.8 Å². The number of methoxy groups -OCH3 is 1. The first-order valence-corrected chi connectivity index (χ1v) is 8.79. The SMILES string of the molecule is COc1cccc(OCCOC[C@@H](O)CN2CCN(CCO)CC2)c1. The summed E-state index contributed by atoms with van der Waals surface area (Å²) in [6, 6.07) is 7.43. The van der Waals surface area contributed by atoms with Crippen molar-refractivity contribution < 1.29 is 24.4 Å². The molecule has 0 aromatic heterocycles. The number of nitrogens with zero attached hydrogens (tertiary/aromatic N) is 2. The van der Waals surface area contributed by atoms with Crippen LogP contribution in [0.1, 0.15) is 0 Å². The molecule has 1 saturated heterocycles. The highest BCUT2D eigenvalue weighted by atomic mass is 16.5. The molecule has 1 aromatic carbocycles. The van der Waals surface area contributed by atoms with Crippen molar-refractivity contribution in [1.82, 2.24) is 9.80 Å². The third-order valence-corrected chi connectivity index (χ3v) is 4.20. The molecule has 0 unspecified atom stereocenters. The lowest BCUT2D eigenvalue weighted by atomic mass is 10.2. The first-order valence-electron chi connectivity index (χ1n) is 8.79. The van der Waals surface area contributed by atoms with Crippen molar-refractivity contribution >= 4 is 0 Å².